The first-order valence-corrected chi connectivity index (χ1v) is 10.4. The van der Waals surface area contributed by atoms with E-state index in [1.165, 1.54) is 0 Å². The molecule has 0 aromatic heterocycles. The Morgan fingerprint density at radius 3 is 1.94 bits per heavy atom. The van der Waals surface area contributed by atoms with E-state index in [0.29, 0.717) is 36.4 Å². The summed E-state index contributed by atoms with van der Waals surface area (Å²) in [6.07, 6.45) is 0. The summed E-state index contributed by atoms with van der Waals surface area (Å²) in [5.41, 5.74) is 8.67. The van der Waals surface area contributed by atoms with Gasteiger partial charge in [0.1, 0.15) is 0 Å². The molecule has 3 N–H and O–H groups in total. The second kappa shape index (κ2) is 10.0. The van der Waals surface area contributed by atoms with Gasteiger partial charge in [-0.15, -0.1) is 0 Å². The van der Waals surface area contributed by atoms with Crippen molar-refractivity contribution in [2.75, 3.05) is 18.4 Å². The van der Waals surface area contributed by atoms with Crippen LogP contribution in [0.5, 0.6) is 0 Å². The summed E-state index contributed by atoms with van der Waals surface area (Å²) in [4.78, 5) is 27.3. The van der Waals surface area contributed by atoms with Crippen LogP contribution in [0.15, 0.2) is 84.9 Å². The predicted molar refractivity (Wildman–Crippen MR) is 125 cm³/mol. The van der Waals surface area contributed by atoms with E-state index in [4.69, 9.17) is 5.73 Å². The number of rotatable bonds is 8. The third kappa shape index (κ3) is 6.27. The van der Waals surface area contributed by atoms with Gasteiger partial charge >= 0.3 is 0 Å². The Morgan fingerprint density at radius 1 is 0.839 bits per heavy atom. The van der Waals surface area contributed by atoms with E-state index in [9.17, 15) is 9.59 Å². The molecular weight excluding hydrogens is 386 g/mol. The normalized spacial score (nSPS) is 11.1. The van der Waals surface area contributed by atoms with E-state index in [1.54, 1.807) is 12.1 Å². The van der Waals surface area contributed by atoms with E-state index in [-0.39, 0.29) is 17.2 Å². The smallest absolute Gasteiger partial charge is 0.255 e. The van der Waals surface area contributed by atoms with Gasteiger partial charge in [-0.25, -0.2) is 0 Å². The lowest BCUT2D eigenvalue weighted by molar-refractivity contribution is 0.0673. The van der Waals surface area contributed by atoms with E-state index >= 15 is 0 Å². The van der Waals surface area contributed by atoms with E-state index < -0.39 is 0 Å². The summed E-state index contributed by atoms with van der Waals surface area (Å²) in [5.74, 6) is -0.178. The fraction of sp³-hybridized carbons (Fsp3) is 0.231. The van der Waals surface area contributed by atoms with Gasteiger partial charge in [0.15, 0.2) is 0 Å². The van der Waals surface area contributed by atoms with Crippen LogP contribution in [0.4, 0.5) is 5.69 Å². The van der Waals surface area contributed by atoms with Crippen molar-refractivity contribution in [2.45, 2.75) is 20.4 Å². The van der Waals surface area contributed by atoms with Gasteiger partial charge in [-0.1, -0.05) is 62.4 Å². The summed E-state index contributed by atoms with van der Waals surface area (Å²) in [6, 6.07) is 25.9. The number of hydrogen-bond acceptors (Lipinski definition) is 3. The monoisotopic (exact) mass is 415 g/mol. The first kappa shape index (κ1) is 22.2. The van der Waals surface area contributed by atoms with Crippen molar-refractivity contribution < 1.29 is 9.59 Å². The number of nitrogens with two attached hydrogens (primary N) is 1. The second-order valence-corrected chi connectivity index (χ2v) is 8.41. The maximum atomic E-state index is 13.1. The average molecular weight is 416 g/mol. The van der Waals surface area contributed by atoms with Crippen LogP contribution in [0.1, 0.15) is 40.1 Å². The molecule has 3 aromatic rings. The lowest BCUT2D eigenvalue weighted by Gasteiger charge is -2.32. The van der Waals surface area contributed by atoms with Crippen LogP contribution >= 0.6 is 0 Å². The minimum Gasteiger partial charge on any atom is -0.334 e. The maximum Gasteiger partial charge on any atom is 0.255 e. The van der Waals surface area contributed by atoms with E-state index in [0.717, 1.165) is 5.56 Å². The molecule has 0 saturated heterocycles. The van der Waals surface area contributed by atoms with Crippen molar-refractivity contribution >= 4 is 17.5 Å². The van der Waals surface area contributed by atoms with Gasteiger partial charge in [-0.2, -0.15) is 0 Å². The molecule has 3 aromatic carbocycles. The number of carbonyl (C=O) groups excluding carboxylic acids is 2. The highest BCUT2D eigenvalue weighted by Crippen LogP contribution is 2.20. The molecule has 0 atom stereocenters. The Labute approximate surface area is 183 Å². The quantitative estimate of drug-likeness (QED) is 0.566. The average Bonchev–Trinajstić information content (AvgIpc) is 2.80. The zero-order chi connectivity index (χ0) is 22.3. The second-order valence-electron chi connectivity index (χ2n) is 8.41. The molecule has 0 spiro atoms. The number of nitrogens with zero attached hydrogens (tertiary/aromatic N) is 1. The van der Waals surface area contributed by atoms with Crippen molar-refractivity contribution in [1.29, 1.82) is 0 Å². The van der Waals surface area contributed by atoms with Crippen LogP contribution in [-0.2, 0) is 6.54 Å². The third-order valence-electron chi connectivity index (χ3n) is 5.10. The number of anilines is 1. The standard InChI is InChI=1S/C26H29N3O2/c1-26(2,18-27)19-29(25(31)22-11-7-4-8-12-22)17-20-13-15-23(16-14-20)28-24(30)21-9-5-3-6-10-21/h3-16H,17-19,27H2,1-2H3,(H,28,30). The van der Waals surface area contributed by atoms with Gasteiger partial charge in [0.2, 0.25) is 0 Å². The molecule has 2 amide bonds. The van der Waals surface area contributed by atoms with Gasteiger partial charge in [0, 0.05) is 29.9 Å². The number of hydrogen-bond donors (Lipinski definition) is 2. The summed E-state index contributed by atoms with van der Waals surface area (Å²) >= 11 is 0. The Kier molecular flexibility index (Phi) is 7.21. The van der Waals surface area contributed by atoms with Crippen molar-refractivity contribution in [3.63, 3.8) is 0 Å². The Bertz CT molecular complexity index is 1000. The number of benzene rings is 3. The molecule has 0 aliphatic heterocycles. The molecule has 5 heteroatoms. The van der Waals surface area contributed by atoms with Gasteiger partial charge in [0.25, 0.3) is 11.8 Å². The molecule has 0 saturated carbocycles. The molecule has 0 radical (unpaired) electrons. The predicted octanol–water partition coefficient (Wildman–Crippen LogP) is 4.57. The molecule has 31 heavy (non-hydrogen) atoms. The molecular formula is C26H29N3O2. The molecule has 0 unspecified atom stereocenters. The van der Waals surface area contributed by atoms with Crippen LogP contribution in [0.25, 0.3) is 0 Å². The minimum atomic E-state index is -0.200. The minimum absolute atomic E-state index is 0.0245. The highest BCUT2D eigenvalue weighted by Gasteiger charge is 2.24. The molecule has 0 bridgehead atoms. The van der Waals surface area contributed by atoms with Gasteiger partial charge in [-0.05, 0) is 53.9 Å². The summed E-state index contributed by atoms with van der Waals surface area (Å²) in [6.45, 7) is 5.60. The summed E-state index contributed by atoms with van der Waals surface area (Å²) in [7, 11) is 0. The summed E-state index contributed by atoms with van der Waals surface area (Å²) < 4.78 is 0. The van der Waals surface area contributed by atoms with Gasteiger partial charge in [0.05, 0.1) is 0 Å². The topological polar surface area (TPSA) is 75.4 Å². The molecule has 0 aliphatic rings. The van der Waals surface area contributed by atoms with Crippen molar-refractivity contribution in [1.82, 2.24) is 4.90 Å². The molecule has 160 valence electrons. The van der Waals surface area contributed by atoms with E-state index in [2.05, 4.69) is 19.2 Å². The van der Waals surface area contributed by atoms with Crippen molar-refractivity contribution in [3.05, 3.63) is 102 Å². The largest absolute Gasteiger partial charge is 0.334 e. The van der Waals surface area contributed by atoms with Gasteiger partial charge in [-0.3, -0.25) is 9.59 Å². The van der Waals surface area contributed by atoms with Crippen molar-refractivity contribution in [2.24, 2.45) is 11.1 Å². The molecule has 0 aliphatic carbocycles. The Hall–Kier alpha value is -3.44. The molecule has 0 fully saturated rings. The first-order valence-electron chi connectivity index (χ1n) is 10.4. The highest BCUT2D eigenvalue weighted by molar-refractivity contribution is 6.04. The number of nitrogens with one attached hydrogen (secondary N) is 1. The zero-order valence-electron chi connectivity index (χ0n) is 18.0. The SMILES string of the molecule is CC(C)(CN)CN(Cc1ccc(NC(=O)c2ccccc2)cc1)C(=O)c1ccccc1. The fourth-order valence-electron chi connectivity index (χ4n) is 3.25. The van der Waals surface area contributed by atoms with Crippen LogP contribution in [0.2, 0.25) is 0 Å². The van der Waals surface area contributed by atoms with Crippen LogP contribution in [0, 0.1) is 5.41 Å². The lowest BCUT2D eigenvalue weighted by atomic mass is 9.92. The maximum absolute atomic E-state index is 13.1. The van der Waals surface area contributed by atoms with E-state index in [1.807, 2.05) is 77.7 Å². The molecule has 0 heterocycles. The number of amides is 2. The fourth-order valence-corrected chi connectivity index (χ4v) is 3.25. The van der Waals surface area contributed by atoms with Crippen LogP contribution < -0.4 is 11.1 Å². The Balaban J connectivity index is 1.73. The van der Waals surface area contributed by atoms with Crippen LogP contribution in [-0.4, -0.2) is 29.8 Å². The first-order chi connectivity index (χ1) is 14.9. The third-order valence-corrected chi connectivity index (χ3v) is 5.10. The number of carbonyl (C=O) groups is 2. The highest BCUT2D eigenvalue weighted by atomic mass is 16.2. The van der Waals surface area contributed by atoms with Gasteiger partial charge < -0.3 is 16.0 Å². The molecule has 3 rings (SSSR count). The Morgan fingerprint density at radius 2 is 1.39 bits per heavy atom. The lowest BCUT2D eigenvalue weighted by Crippen LogP contribution is -2.41. The summed E-state index contributed by atoms with van der Waals surface area (Å²) in [5, 5.41) is 2.90. The zero-order valence-corrected chi connectivity index (χ0v) is 18.0. The van der Waals surface area contributed by atoms with Crippen molar-refractivity contribution in [3.8, 4) is 0 Å². The molecule has 5 nitrogen and oxygen atoms in total. The van der Waals surface area contributed by atoms with Crippen LogP contribution in [0.3, 0.4) is 0 Å².